The lowest BCUT2D eigenvalue weighted by atomic mass is 10.1. The van der Waals surface area contributed by atoms with E-state index in [4.69, 9.17) is 9.47 Å². The predicted octanol–water partition coefficient (Wildman–Crippen LogP) is 3.25. The zero-order chi connectivity index (χ0) is 14.3. The molecule has 0 fully saturated rings. The predicted molar refractivity (Wildman–Crippen MR) is 76.6 cm³/mol. The minimum absolute atomic E-state index is 0.381. The van der Waals surface area contributed by atoms with Gasteiger partial charge in [-0.15, -0.1) is 0 Å². The normalized spacial score (nSPS) is 13.4. The van der Waals surface area contributed by atoms with Crippen molar-refractivity contribution in [3.63, 3.8) is 0 Å². The Labute approximate surface area is 119 Å². The molecule has 0 saturated heterocycles. The van der Waals surface area contributed by atoms with E-state index in [2.05, 4.69) is 0 Å². The van der Waals surface area contributed by atoms with Crippen LogP contribution < -0.4 is 0 Å². The molecule has 2 aromatic rings. The lowest BCUT2D eigenvalue weighted by Crippen LogP contribution is -2.34. The van der Waals surface area contributed by atoms with Crippen LogP contribution in [0.15, 0.2) is 60.7 Å². The molecule has 0 aromatic heterocycles. The highest BCUT2D eigenvalue weighted by Crippen LogP contribution is 2.20. The van der Waals surface area contributed by atoms with Crippen LogP contribution in [0.1, 0.15) is 18.1 Å². The standard InChI is InChI=1S/C17H17O3/c1-17(20-14-18,12-15-8-4-2-5-9-15)19-13-16-10-6-3-7-11-16/h2-11H,12-13H2,1H3. The molecule has 1 atom stereocenters. The first kappa shape index (κ1) is 14.3. The van der Waals surface area contributed by atoms with Gasteiger partial charge in [0.2, 0.25) is 5.79 Å². The Morgan fingerprint density at radius 1 is 0.950 bits per heavy atom. The second-order valence-corrected chi connectivity index (χ2v) is 4.76. The first-order chi connectivity index (χ1) is 9.72. The first-order valence-electron chi connectivity index (χ1n) is 6.49. The monoisotopic (exact) mass is 269 g/mol. The summed E-state index contributed by atoms with van der Waals surface area (Å²) >= 11 is 0. The summed E-state index contributed by atoms with van der Waals surface area (Å²) in [5.41, 5.74) is 2.07. The van der Waals surface area contributed by atoms with Crippen molar-refractivity contribution in [1.82, 2.24) is 0 Å². The molecule has 0 spiro atoms. The molecule has 1 radical (unpaired) electrons. The quantitative estimate of drug-likeness (QED) is 0.724. The average molecular weight is 269 g/mol. The summed E-state index contributed by atoms with van der Waals surface area (Å²) in [5, 5.41) is 0. The molecule has 3 heteroatoms. The molecule has 0 bridgehead atoms. The molecule has 0 amide bonds. The summed E-state index contributed by atoms with van der Waals surface area (Å²) in [5.74, 6) is -1.01. The third kappa shape index (κ3) is 4.21. The van der Waals surface area contributed by atoms with Crippen molar-refractivity contribution in [2.75, 3.05) is 0 Å². The van der Waals surface area contributed by atoms with Gasteiger partial charge in [0.05, 0.1) is 6.61 Å². The summed E-state index contributed by atoms with van der Waals surface area (Å²) in [6.07, 6.45) is 0.482. The van der Waals surface area contributed by atoms with Gasteiger partial charge in [-0.25, -0.2) is 4.79 Å². The molecule has 0 aliphatic rings. The van der Waals surface area contributed by atoms with Crippen LogP contribution in [0.2, 0.25) is 0 Å². The van der Waals surface area contributed by atoms with Crippen molar-refractivity contribution in [1.29, 1.82) is 0 Å². The molecule has 0 aliphatic carbocycles. The Morgan fingerprint density at radius 2 is 1.50 bits per heavy atom. The third-order valence-electron chi connectivity index (χ3n) is 3.01. The molecule has 103 valence electrons. The van der Waals surface area contributed by atoms with Crippen molar-refractivity contribution >= 4 is 6.47 Å². The number of hydrogen-bond donors (Lipinski definition) is 0. The smallest absolute Gasteiger partial charge is 0.420 e. The van der Waals surface area contributed by atoms with Gasteiger partial charge in [0.1, 0.15) is 0 Å². The molecule has 3 nitrogen and oxygen atoms in total. The topological polar surface area (TPSA) is 35.5 Å². The van der Waals surface area contributed by atoms with E-state index in [0.29, 0.717) is 13.0 Å². The lowest BCUT2D eigenvalue weighted by molar-refractivity contribution is -0.185. The van der Waals surface area contributed by atoms with Gasteiger partial charge < -0.3 is 9.47 Å². The van der Waals surface area contributed by atoms with E-state index >= 15 is 0 Å². The number of ether oxygens (including phenoxy) is 2. The Bertz CT molecular complexity index is 524. The molecule has 2 aromatic carbocycles. The highest BCUT2D eigenvalue weighted by atomic mass is 16.7. The number of hydrogen-bond acceptors (Lipinski definition) is 3. The van der Waals surface area contributed by atoms with Crippen LogP contribution in [-0.4, -0.2) is 12.3 Å². The Hall–Kier alpha value is -2.13. The Morgan fingerprint density at radius 3 is 2.05 bits per heavy atom. The number of benzene rings is 2. The van der Waals surface area contributed by atoms with Gasteiger partial charge in [-0.05, 0) is 11.1 Å². The van der Waals surface area contributed by atoms with Crippen molar-refractivity contribution in [2.24, 2.45) is 0 Å². The van der Waals surface area contributed by atoms with Crippen molar-refractivity contribution in [2.45, 2.75) is 25.7 Å². The van der Waals surface area contributed by atoms with Crippen LogP contribution in [-0.2, 0) is 27.3 Å². The largest absolute Gasteiger partial charge is 0.425 e. The summed E-state index contributed by atoms with van der Waals surface area (Å²) < 4.78 is 10.8. The second-order valence-electron chi connectivity index (χ2n) is 4.76. The summed E-state index contributed by atoms with van der Waals surface area (Å²) in [6.45, 7) is 3.61. The Kier molecular flexibility index (Phi) is 4.91. The van der Waals surface area contributed by atoms with Crippen LogP contribution in [0.3, 0.4) is 0 Å². The molecule has 0 saturated carbocycles. The average Bonchev–Trinajstić information content (AvgIpc) is 2.48. The maximum absolute atomic E-state index is 10.6. The molecule has 2 rings (SSSR count). The van der Waals surface area contributed by atoms with E-state index in [1.807, 2.05) is 60.7 Å². The van der Waals surface area contributed by atoms with Crippen LogP contribution in [0.5, 0.6) is 0 Å². The maximum atomic E-state index is 10.6. The molecular formula is C17H17O3. The molecule has 0 aliphatic heterocycles. The SMILES string of the molecule is CC(Cc1ccccc1)(O[C]=O)OCc1ccccc1. The van der Waals surface area contributed by atoms with E-state index in [9.17, 15) is 4.79 Å². The maximum Gasteiger partial charge on any atom is 0.420 e. The van der Waals surface area contributed by atoms with Crippen LogP contribution in [0.4, 0.5) is 0 Å². The number of rotatable bonds is 7. The van der Waals surface area contributed by atoms with Crippen LogP contribution in [0.25, 0.3) is 0 Å². The zero-order valence-corrected chi connectivity index (χ0v) is 11.4. The molecule has 20 heavy (non-hydrogen) atoms. The van der Waals surface area contributed by atoms with Crippen molar-refractivity contribution in [3.8, 4) is 0 Å². The van der Waals surface area contributed by atoms with Gasteiger partial charge >= 0.3 is 6.47 Å². The minimum Gasteiger partial charge on any atom is -0.425 e. The molecule has 0 heterocycles. The Balaban J connectivity index is 2.03. The number of carbonyl (C=O) groups excluding carboxylic acids is 1. The highest BCUT2D eigenvalue weighted by molar-refractivity contribution is 5.39. The van der Waals surface area contributed by atoms with E-state index in [1.54, 1.807) is 6.92 Å². The molecule has 1 unspecified atom stereocenters. The van der Waals surface area contributed by atoms with Crippen LogP contribution in [0, 0.1) is 0 Å². The van der Waals surface area contributed by atoms with E-state index in [-0.39, 0.29) is 0 Å². The van der Waals surface area contributed by atoms with Gasteiger partial charge in [0, 0.05) is 13.3 Å². The van der Waals surface area contributed by atoms with E-state index in [1.165, 1.54) is 6.47 Å². The zero-order valence-electron chi connectivity index (χ0n) is 11.4. The minimum atomic E-state index is -1.01. The van der Waals surface area contributed by atoms with Gasteiger partial charge in [-0.3, -0.25) is 0 Å². The molecular weight excluding hydrogens is 252 g/mol. The van der Waals surface area contributed by atoms with Crippen LogP contribution >= 0.6 is 0 Å². The highest BCUT2D eigenvalue weighted by Gasteiger charge is 2.27. The first-order valence-corrected chi connectivity index (χ1v) is 6.49. The third-order valence-corrected chi connectivity index (χ3v) is 3.01. The van der Waals surface area contributed by atoms with E-state index in [0.717, 1.165) is 11.1 Å². The van der Waals surface area contributed by atoms with Crippen molar-refractivity contribution < 1.29 is 14.3 Å². The molecule has 0 N–H and O–H groups in total. The fraction of sp³-hybridized carbons (Fsp3) is 0.235. The lowest BCUT2D eigenvalue weighted by Gasteiger charge is -2.27. The fourth-order valence-electron chi connectivity index (χ4n) is 1.98. The van der Waals surface area contributed by atoms with Gasteiger partial charge in [-0.1, -0.05) is 60.7 Å². The summed E-state index contributed by atoms with van der Waals surface area (Å²) in [7, 11) is 0. The van der Waals surface area contributed by atoms with Gasteiger partial charge in [0.15, 0.2) is 0 Å². The van der Waals surface area contributed by atoms with E-state index < -0.39 is 5.79 Å². The second kappa shape index (κ2) is 6.87. The van der Waals surface area contributed by atoms with Crippen molar-refractivity contribution in [3.05, 3.63) is 71.8 Å². The summed E-state index contributed by atoms with van der Waals surface area (Å²) in [4.78, 5) is 10.6. The fourth-order valence-corrected chi connectivity index (χ4v) is 1.98. The van der Waals surface area contributed by atoms with Gasteiger partial charge in [0.25, 0.3) is 0 Å². The van der Waals surface area contributed by atoms with Gasteiger partial charge in [-0.2, -0.15) is 0 Å². The summed E-state index contributed by atoms with van der Waals surface area (Å²) in [6, 6.07) is 19.5.